The summed E-state index contributed by atoms with van der Waals surface area (Å²) in [6.45, 7) is -0.0663. The molecule has 0 heterocycles. The van der Waals surface area contributed by atoms with Gasteiger partial charge < -0.3 is 4.74 Å². The molecule has 2 aromatic carbocycles. The van der Waals surface area contributed by atoms with Crippen molar-refractivity contribution >= 4 is 11.6 Å². The molecule has 0 atom stereocenters. The highest BCUT2D eigenvalue weighted by Gasteiger charge is 2.08. The third-order valence-corrected chi connectivity index (χ3v) is 2.73. The number of hydrogen-bond donors (Lipinski definition) is 0. The molecule has 0 aliphatic rings. The van der Waals surface area contributed by atoms with Crippen LogP contribution in [0.1, 0.15) is 11.1 Å². The largest absolute Gasteiger partial charge is 0.487 e. The first-order chi connectivity index (χ1) is 9.72. The van der Waals surface area contributed by atoms with Gasteiger partial charge in [-0.2, -0.15) is 0 Å². The van der Waals surface area contributed by atoms with Gasteiger partial charge in [0.2, 0.25) is 0 Å². The van der Waals surface area contributed by atoms with Crippen molar-refractivity contribution in [3.05, 3.63) is 65.2 Å². The van der Waals surface area contributed by atoms with E-state index in [2.05, 4.69) is 11.8 Å². The van der Waals surface area contributed by atoms with Crippen molar-refractivity contribution in [1.82, 2.24) is 0 Å². The van der Waals surface area contributed by atoms with Gasteiger partial charge in [0.05, 0.1) is 11.4 Å². The van der Waals surface area contributed by atoms with Crippen LogP contribution in [0, 0.1) is 23.5 Å². The molecular formula is C16H11ClF2O. The van der Waals surface area contributed by atoms with E-state index in [0.29, 0.717) is 11.3 Å². The fraction of sp³-hybridized carbons (Fsp3) is 0.125. The minimum Gasteiger partial charge on any atom is -0.487 e. The number of halogens is 3. The molecule has 0 spiro atoms. The molecule has 0 saturated heterocycles. The Bertz CT molecular complexity index is 659. The molecule has 20 heavy (non-hydrogen) atoms. The first kappa shape index (κ1) is 14.4. The van der Waals surface area contributed by atoms with E-state index < -0.39 is 11.6 Å². The van der Waals surface area contributed by atoms with Crippen LogP contribution in [0.4, 0.5) is 8.78 Å². The van der Waals surface area contributed by atoms with Crippen molar-refractivity contribution < 1.29 is 13.5 Å². The highest BCUT2D eigenvalue weighted by atomic mass is 35.5. The summed E-state index contributed by atoms with van der Waals surface area (Å²) >= 11 is 5.51. The summed E-state index contributed by atoms with van der Waals surface area (Å²) in [5.74, 6) is 4.52. The second kappa shape index (κ2) is 6.93. The number of benzene rings is 2. The van der Waals surface area contributed by atoms with E-state index in [4.69, 9.17) is 16.3 Å². The Morgan fingerprint density at radius 1 is 1.05 bits per heavy atom. The molecular weight excluding hydrogens is 282 g/mol. The topological polar surface area (TPSA) is 9.23 Å². The zero-order chi connectivity index (χ0) is 14.4. The predicted octanol–water partition coefficient (Wildman–Crippen LogP) is 4.13. The molecule has 0 amide bonds. The fourth-order valence-electron chi connectivity index (χ4n) is 1.64. The van der Waals surface area contributed by atoms with Crippen LogP contribution in [-0.4, -0.2) is 5.88 Å². The molecule has 102 valence electrons. The minimum atomic E-state index is -0.892. The number of para-hydroxylation sites is 1. The Morgan fingerprint density at radius 2 is 1.85 bits per heavy atom. The number of ether oxygens (including phenoxy) is 1. The Morgan fingerprint density at radius 3 is 2.65 bits per heavy atom. The van der Waals surface area contributed by atoms with E-state index in [9.17, 15) is 8.78 Å². The lowest BCUT2D eigenvalue weighted by Crippen LogP contribution is -2.01. The van der Waals surface area contributed by atoms with E-state index in [1.165, 1.54) is 12.1 Å². The number of hydrogen-bond acceptors (Lipinski definition) is 1. The summed E-state index contributed by atoms with van der Waals surface area (Å²) in [6.07, 6.45) is 0. The summed E-state index contributed by atoms with van der Waals surface area (Å²) in [5, 5.41) is 0. The SMILES string of the molecule is Fc1cccc(COc2ccccc2C#CCCl)c1F. The quantitative estimate of drug-likeness (QED) is 0.610. The van der Waals surface area contributed by atoms with Gasteiger partial charge in [0, 0.05) is 5.56 Å². The van der Waals surface area contributed by atoms with Crippen molar-refractivity contribution in [1.29, 1.82) is 0 Å². The van der Waals surface area contributed by atoms with Crippen LogP contribution in [0.2, 0.25) is 0 Å². The predicted molar refractivity (Wildman–Crippen MR) is 74.7 cm³/mol. The second-order valence-corrected chi connectivity index (χ2v) is 4.20. The van der Waals surface area contributed by atoms with Gasteiger partial charge in [0.1, 0.15) is 12.4 Å². The first-order valence-electron chi connectivity index (χ1n) is 5.92. The minimum absolute atomic E-state index is 0.0663. The monoisotopic (exact) mass is 292 g/mol. The molecule has 0 fully saturated rings. The smallest absolute Gasteiger partial charge is 0.165 e. The van der Waals surface area contributed by atoms with Crippen molar-refractivity contribution in [2.75, 3.05) is 5.88 Å². The third kappa shape index (κ3) is 3.49. The lowest BCUT2D eigenvalue weighted by atomic mass is 10.2. The van der Waals surface area contributed by atoms with Gasteiger partial charge in [-0.3, -0.25) is 0 Å². The number of rotatable bonds is 3. The summed E-state index contributed by atoms with van der Waals surface area (Å²) in [4.78, 5) is 0. The van der Waals surface area contributed by atoms with E-state index in [1.54, 1.807) is 18.2 Å². The molecule has 0 aliphatic carbocycles. The Hall–Kier alpha value is -2.05. The van der Waals surface area contributed by atoms with Crippen LogP contribution in [0.3, 0.4) is 0 Å². The van der Waals surface area contributed by atoms with Gasteiger partial charge in [0.25, 0.3) is 0 Å². The van der Waals surface area contributed by atoms with Gasteiger partial charge in [-0.15, -0.1) is 11.6 Å². The van der Waals surface area contributed by atoms with E-state index in [-0.39, 0.29) is 18.1 Å². The summed E-state index contributed by atoms with van der Waals surface area (Å²) < 4.78 is 32.1. The van der Waals surface area contributed by atoms with Crippen LogP contribution >= 0.6 is 11.6 Å². The Balaban J connectivity index is 2.17. The van der Waals surface area contributed by atoms with Gasteiger partial charge in [-0.25, -0.2) is 8.78 Å². The molecule has 0 aliphatic heterocycles. The molecule has 0 unspecified atom stereocenters. The lowest BCUT2D eigenvalue weighted by Gasteiger charge is -2.09. The van der Waals surface area contributed by atoms with E-state index >= 15 is 0 Å². The van der Waals surface area contributed by atoms with Gasteiger partial charge in [-0.1, -0.05) is 36.1 Å². The molecule has 0 aromatic heterocycles. The van der Waals surface area contributed by atoms with Crippen molar-refractivity contribution in [2.24, 2.45) is 0 Å². The van der Waals surface area contributed by atoms with E-state index in [1.807, 2.05) is 6.07 Å². The van der Waals surface area contributed by atoms with E-state index in [0.717, 1.165) is 6.07 Å². The number of alkyl halides is 1. The molecule has 0 saturated carbocycles. The highest BCUT2D eigenvalue weighted by molar-refractivity contribution is 6.19. The fourth-order valence-corrected chi connectivity index (χ4v) is 1.71. The zero-order valence-electron chi connectivity index (χ0n) is 10.5. The van der Waals surface area contributed by atoms with Crippen molar-refractivity contribution in [2.45, 2.75) is 6.61 Å². The van der Waals surface area contributed by atoms with Gasteiger partial charge in [-0.05, 0) is 18.2 Å². The maximum absolute atomic E-state index is 13.5. The maximum atomic E-state index is 13.5. The van der Waals surface area contributed by atoms with Gasteiger partial charge in [0.15, 0.2) is 11.6 Å². The highest BCUT2D eigenvalue weighted by Crippen LogP contribution is 2.20. The normalized spacial score (nSPS) is 9.75. The Labute approximate surface area is 121 Å². The molecule has 1 nitrogen and oxygen atoms in total. The van der Waals surface area contributed by atoms with Crippen LogP contribution in [0.5, 0.6) is 5.75 Å². The average Bonchev–Trinajstić information content (AvgIpc) is 2.47. The molecule has 0 N–H and O–H groups in total. The molecule has 4 heteroatoms. The van der Waals surface area contributed by atoms with Crippen LogP contribution in [0.25, 0.3) is 0 Å². The van der Waals surface area contributed by atoms with Crippen molar-refractivity contribution in [3.63, 3.8) is 0 Å². The molecule has 2 aromatic rings. The third-order valence-electron chi connectivity index (χ3n) is 2.59. The standard InChI is InChI=1S/C16H11ClF2O/c17-10-4-7-12-5-1-2-9-15(12)20-11-13-6-3-8-14(18)16(13)19/h1-3,5-6,8-9H,10-11H2. The van der Waals surface area contributed by atoms with Crippen LogP contribution < -0.4 is 4.74 Å². The second-order valence-electron chi connectivity index (χ2n) is 3.93. The molecule has 0 radical (unpaired) electrons. The first-order valence-corrected chi connectivity index (χ1v) is 6.45. The molecule has 2 rings (SSSR count). The van der Waals surface area contributed by atoms with Crippen molar-refractivity contribution in [3.8, 4) is 17.6 Å². The van der Waals surface area contributed by atoms with Gasteiger partial charge >= 0.3 is 0 Å². The lowest BCUT2D eigenvalue weighted by molar-refractivity contribution is 0.296. The average molecular weight is 293 g/mol. The molecule has 0 bridgehead atoms. The Kier molecular flexibility index (Phi) is 4.97. The summed E-state index contributed by atoms with van der Waals surface area (Å²) in [7, 11) is 0. The van der Waals surface area contributed by atoms with Crippen LogP contribution in [-0.2, 0) is 6.61 Å². The van der Waals surface area contributed by atoms with Crippen LogP contribution in [0.15, 0.2) is 42.5 Å². The summed E-state index contributed by atoms with van der Waals surface area (Å²) in [6, 6.07) is 11.1. The maximum Gasteiger partial charge on any atom is 0.165 e. The zero-order valence-corrected chi connectivity index (χ0v) is 11.3. The summed E-state index contributed by atoms with van der Waals surface area (Å²) in [5.41, 5.74) is 0.815.